The lowest BCUT2D eigenvalue weighted by atomic mass is 10.2. The van der Waals surface area contributed by atoms with Gasteiger partial charge < -0.3 is 10.6 Å². The van der Waals surface area contributed by atoms with Gasteiger partial charge in [-0.3, -0.25) is 0 Å². The van der Waals surface area contributed by atoms with Crippen molar-refractivity contribution in [2.45, 2.75) is 6.54 Å². The molecule has 14 heavy (non-hydrogen) atoms. The summed E-state index contributed by atoms with van der Waals surface area (Å²) in [7, 11) is 1.55. The molecule has 2 amide bonds. The number of amides is 2. The Morgan fingerprint density at radius 3 is 2.79 bits per heavy atom. The third-order valence-corrected chi connectivity index (χ3v) is 2.28. The first kappa shape index (κ1) is 11.1. The Morgan fingerprint density at radius 2 is 2.14 bits per heavy atom. The van der Waals surface area contributed by atoms with Gasteiger partial charge >= 0.3 is 6.03 Å². The predicted molar refractivity (Wildman–Crippen MR) is 57.8 cm³/mol. The molecular formula is C9H10Cl2N2O. The van der Waals surface area contributed by atoms with Gasteiger partial charge in [0.05, 0.1) is 0 Å². The van der Waals surface area contributed by atoms with Gasteiger partial charge in [0.25, 0.3) is 0 Å². The van der Waals surface area contributed by atoms with Crippen LogP contribution in [0.25, 0.3) is 0 Å². The van der Waals surface area contributed by atoms with E-state index in [9.17, 15) is 4.79 Å². The highest BCUT2D eigenvalue weighted by Crippen LogP contribution is 2.20. The van der Waals surface area contributed by atoms with Crippen LogP contribution in [0.3, 0.4) is 0 Å². The van der Waals surface area contributed by atoms with Gasteiger partial charge in [-0.15, -0.1) is 0 Å². The first-order valence-electron chi connectivity index (χ1n) is 4.03. The van der Waals surface area contributed by atoms with Gasteiger partial charge in [-0.05, 0) is 23.8 Å². The van der Waals surface area contributed by atoms with Crippen LogP contribution >= 0.6 is 23.2 Å². The zero-order valence-electron chi connectivity index (χ0n) is 7.60. The average molecular weight is 233 g/mol. The maximum atomic E-state index is 10.9. The normalized spacial score (nSPS) is 9.64. The van der Waals surface area contributed by atoms with E-state index in [1.165, 1.54) is 0 Å². The van der Waals surface area contributed by atoms with Crippen molar-refractivity contribution >= 4 is 29.2 Å². The molecule has 0 saturated heterocycles. The lowest BCUT2D eigenvalue weighted by molar-refractivity contribution is 0.242. The molecule has 0 unspecified atom stereocenters. The molecule has 2 N–H and O–H groups in total. The highest BCUT2D eigenvalue weighted by molar-refractivity contribution is 6.33. The lowest BCUT2D eigenvalue weighted by Gasteiger charge is -2.06. The first-order chi connectivity index (χ1) is 6.63. The minimum atomic E-state index is -0.249. The van der Waals surface area contributed by atoms with E-state index in [1.807, 2.05) is 0 Å². The van der Waals surface area contributed by atoms with Crippen LogP contribution in [0.4, 0.5) is 4.79 Å². The van der Waals surface area contributed by atoms with Gasteiger partial charge in [-0.2, -0.15) is 0 Å². The van der Waals surface area contributed by atoms with Crippen LogP contribution in [0, 0.1) is 0 Å². The van der Waals surface area contributed by atoms with Crippen LogP contribution in [0.1, 0.15) is 5.56 Å². The molecule has 0 atom stereocenters. The monoisotopic (exact) mass is 232 g/mol. The van der Waals surface area contributed by atoms with Gasteiger partial charge in [0, 0.05) is 23.6 Å². The quantitative estimate of drug-likeness (QED) is 0.809. The van der Waals surface area contributed by atoms with E-state index in [1.54, 1.807) is 25.2 Å². The first-order valence-corrected chi connectivity index (χ1v) is 4.78. The molecule has 1 aromatic rings. The summed E-state index contributed by atoms with van der Waals surface area (Å²) in [5, 5.41) is 6.26. The molecule has 0 aromatic heterocycles. The minimum absolute atomic E-state index is 0.249. The van der Waals surface area contributed by atoms with Crippen molar-refractivity contribution in [2.75, 3.05) is 7.05 Å². The number of nitrogens with one attached hydrogen (secondary N) is 2. The van der Waals surface area contributed by atoms with Gasteiger partial charge in [0.2, 0.25) is 0 Å². The molecule has 0 fully saturated rings. The smallest absolute Gasteiger partial charge is 0.314 e. The molecule has 1 aromatic carbocycles. The second-order valence-corrected chi connectivity index (χ2v) is 3.51. The van der Waals surface area contributed by atoms with Crippen molar-refractivity contribution in [1.82, 2.24) is 10.6 Å². The number of benzene rings is 1. The largest absolute Gasteiger partial charge is 0.341 e. The van der Waals surface area contributed by atoms with Crippen molar-refractivity contribution in [1.29, 1.82) is 0 Å². The third-order valence-electron chi connectivity index (χ3n) is 1.67. The molecule has 0 heterocycles. The molecular weight excluding hydrogens is 223 g/mol. The van der Waals surface area contributed by atoms with E-state index >= 15 is 0 Å². The number of hydrogen-bond acceptors (Lipinski definition) is 1. The van der Waals surface area contributed by atoms with Crippen molar-refractivity contribution in [3.8, 4) is 0 Å². The molecule has 0 bridgehead atoms. The highest BCUT2D eigenvalue weighted by atomic mass is 35.5. The minimum Gasteiger partial charge on any atom is -0.341 e. The van der Waals surface area contributed by atoms with Crippen LogP contribution in [0.5, 0.6) is 0 Å². The Labute approximate surface area is 92.4 Å². The number of urea groups is 1. The second-order valence-electron chi connectivity index (χ2n) is 2.67. The molecule has 0 aliphatic heterocycles. The summed E-state index contributed by atoms with van der Waals surface area (Å²) < 4.78 is 0. The standard InChI is InChI=1S/C9H10Cl2N2O/c1-12-9(14)13-5-6-4-7(10)2-3-8(6)11/h2-4H,5H2,1H3,(H2,12,13,14). The van der Waals surface area contributed by atoms with Crippen LogP contribution in [0.2, 0.25) is 10.0 Å². The molecule has 0 aliphatic carbocycles. The summed E-state index contributed by atoms with van der Waals surface area (Å²) in [5.74, 6) is 0. The predicted octanol–water partition coefficient (Wildman–Crippen LogP) is 2.42. The molecule has 0 aliphatic rings. The fraction of sp³-hybridized carbons (Fsp3) is 0.222. The number of carbonyl (C=O) groups excluding carboxylic acids is 1. The van der Waals surface area contributed by atoms with Crippen LogP contribution in [0.15, 0.2) is 18.2 Å². The van der Waals surface area contributed by atoms with E-state index in [2.05, 4.69) is 10.6 Å². The van der Waals surface area contributed by atoms with Crippen molar-refractivity contribution in [3.05, 3.63) is 33.8 Å². The summed E-state index contributed by atoms with van der Waals surface area (Å²) >= 11 is 11.7. The number of carbonyl (C=O) groups is 1. The molecule has 5 heteroatoms. The van der Waals surface area contributed by atoms with Crippen LogP contribution in [-0.2, 0) is 6.54 Å². The van der Waals surface area contributed by atoms with Crippen LogP contribution in [-0.4, -0.2) is 13.1 Å². The van der Waals surface area contributed by atoms with Crippen molar-refractivity contribution in [3.63, 3.8) is 0 Å². The maximum Gasteiger partial charge on any atom is 0.314 e. The van der Waals surface area contributed by atoms with E-state index < -0.39 is 0 Å². The third kappa shape index (κ3) is 3.09. The Morgan fingerprint density at radius 1 is 1.43 bits per heavy atom. The molecule has 1 rings (SSSR count). The lowest BCUT2D eigenvalue weighted by Crippen LogP contribution is -2.32. The highest BCUT2D eigenvalue weighted by Gasteiger charge is 2.02. The van der Waals surface area contributed by atoms with Gasteiger partial charge in [0.15, 0.2) is 0 Å². The van der Waals surface area contributed by atoms with Gasteiger partial charge in [-0.1, -0.05) is 23.2 Å². The molecule has 0 spiro atoms. The molecule has 0 saturated carbocycles. The van der Waals surface area contributed by atoms with E-state index in [0.29, 0.717) is 16.6 Å². The average Bonchev–Trinajstić information content (AvgIpc) is 2.19. The molecule has 76 valence electrons. The summed E-state index contributed by atoms with van der Waals surface area (Å²) in [6.45, 7) is 0.360. The van der Waals surface area contributed by atoms with Crippen molar-refractivity contribution < 1.29 is 4.79 Å². The number of halogens is 2. The number of rotatable bonds is 2. The second kappa shape index (κ2) is 5.08. The number of hydrogen-bond donors (Lipinski definition) is 2. The zero-order valence-corrected chi connectivity index (χ0v) is 9.12. The Hall–Kier alpha value is -0.930. The van der Waals surface area contributed by atoms with Crippen molar-refractivity contribution in [2.24, 2.45) is 0 Å². The van der Waals surface area contributed by atoms with E-state index in [0.717, 1.165) is 5.56 Å². The zero-order chi connectivity index (χ0) is 10.6. The van der Waals surface area contributed by atoms with Crippen LogP contribution < -0.4 is 10.6 Å². The molecule has 3 nitrogen and oxygen atoms in total. The van der Waals surface area contributed by atoms with E-state index in [-0.39, 0.29) is 6.03 Å². The van der Waals surface area contributed by atoms with E-state index in [4.69, 9.17) is 23.2 Å². The van der Waals surface area contributed by atoms with Gasteiger partial charge in [-0.25, -0.2) is 4.79 Å². The topological polar surface area (TPSA) is 41.1 Å². The summed E-state index contributed by atoms with van der Waals surface area (Å²) in [5.41, 5.74) is 0.794. The summed E-state index contributed by atoms with van der Waals surface area (Å²) in [6.07, 6.45) is 0. The summed E-state index contributed by atoms with van der Waals surface area (Å²) in [6, 6.07) is 4.87. The summed E-state index contributed by atoms with van der Waals surface area (Å²) in [4.78, 5) is 10.9. The fourth-order valence-electron chi connectivity index (χ4n) is 0.943. The SMILES string of the molecule is CNC(=O)NCc1cc(Cl)ccc1Cl. The molecule has 0 radical (unpaired) electrons. The Balaban J connectivity index is 2.66. The van der Waals surface area contributed by atoms with Gasteiger partial charge in [0.1, 0.15) is 0 Å². The Bertz CT molecular complexity index is 342. The maximum absolute atomic E-state index is 10.9. The Kier molecular flexibility index (Phi) is 4.04. The fourth-order valence-corrected chi connectivity index (χ4v) is 1.32.